The topological polar surface area (TPSA) is 71.0 Å². The molecule has 1 N–H and O–H groups in total. The highest BCUT2D eigenvalue weighted by Gasteiger charge is 2.23. The molecule has 1 aliphatic rings. The Labute approximate surface area is 129 Å². The first kappa shape index (κ1) is 14.4. The Bertz CT molecular complexity index is 638. The number of hydrogen-bond acceptors (Lipinski definition) is 5. The number of carbonyl (C=O) groups excluding carboxylic acids is 1. The molecule has 1 amide bonds. The van der Waals surface area contributed by atoms with Gasteiger partial charge in [-0.15, -0.1) is 0 Å². The van der Waals surface area contributed by atoms with E-state index in [0.717, 1.165) is 37.4 Å². The van der Waals surface area contributed by atoms with E-state index in [9.17, 15) is 4.79 Å². The molecule has 22 heavy (non-hydrogen) atoms. The van der Waals surface area contributed by atoms with Crippen LogP contribution in [0.2, 0.25) is 0 Å². The number of nitrogens with zero attached hydrogens (tertiary/aromatic N) is 4. The highest BCUT2D eigenvalue weighted by Crippen LogP contribution is 2.27. The van der Waals surface area contributed by atoms with Crippen LogP contribution in [0.4, 0.5) is 11.8 Å². The summed E-state index contributed by atoms with van der Waals surface area (Å²) < 4.78 is 0. The van der Waals surface area contributed by atoms with E-state index in [1.54, 1.807) is 19.3 Å². The molecule has 0 spiro atoms. The van der Waals surface area contributed by atoms with E-state index in [4.69, 9.17) is 0 Å². The molecule has 114 valence electrons. The van der Waals surface area contributed by atoms with Gasteiger partial charge in [-0.25, -0.2) is 15.0 Å². The summed E-state index contributed by atoms with van der Waals surface area (Å²) in [4.78, 5) is 26.3. The molecule has 0 saturated carbocycles. The van der Waals surface area contributed by atoms with E-state index in [2.05, 4.69) is 20.3 Å². The summed E-state index contributed by atoms with van der Waals surface area (Å²) in [6, 6.07) is 7.61. The second kappa shape index (κ2) is 6.51. The normalized spacial score (nSPS) is 15.6. The number of pyridine rings is 1. The average Bonchev–Trinajstić information content (AvgIpc) is 2.56. The quantitative estimate of drug-likeness (QED) is 0.941. The highest BCUT2D eigenvalue weighted by molar-refractivity contribution is 5.73. The van der Waals surface area contributed by atoms with E-state index in [0.29, 0.717) is 11.9 Å². The highest BCUT2D eigenvalue weighted by atomic mass is 16.2. The number of rotatable bonds is 3. The van der Waals surface area contributed by atoms with Crippen molar-refractivity contribution >= 4 is 17.7 Å². The Hall–Kier alpha value is -2.50. The van der Waals surface area contributed by atoms with Crippen LogP contribution >= 0.6 is 0 Å². The fraction of sp³-hybridized carbons (Fsp3) is 0.375. The molecule has 1 fully saturated rings. The van der Waals surface area contributed by atoms with Gasteiger partial charge < -0.3 is 10.2 Å². The van der Waals surface area contributed by atoms with Gasteiger partial charge >= 0.3 is 0 Å². The van der Waals surface area contributed by atoms with Crippen molar-refractivity contribution < 1.29 is 4.79 Å². The summed E-state index contributed by atoms with van der Waals surface area (Å²) in [6.45, 7) is 3.22. The lowest BCUT2D eigenvalue weighted by molar-refractivity contribution is -0.129. The van der Waals surface area contributed by atoms with Gasteiger partial charge in [0.2, 0.25) is 11.9 Å². The average molecular weight is 297 g/mol. The zero-order valence-corrected chi connectivity index (χ0v) is 12.6. The first-order valence-electron chi connectivity index (χ1n) is 7.49. The third-order valence-electron chi connectivity index (χ3n) is 3.94. The lowest BCUT2D eigenvalue weighted by Gasteiger charge is -2.31. The smallest absolute Gasteiger partial charge is 0.228 e. The Morgan fingerprint density at radius 2 is 2.00 bits per heavy atom. The Kier molecular flexibility index (Phi) is 4.27. The summed E-state index contributed by atoms with van der Waals surface area (Å²) >= 11 is 0. The number of hydrogen-bond donors (Lipinski definition) is 1. The summed E-state index contributed by atoms with van der Waals surface area (Å²) in [7, 11) is 0. The van der Waals surface area contributed by atoms with Crippen LogP contribution in [-0.2, 0) is 4.79 Å². The van der Waals surface area contributed by atoms with Gasteiger partial charge in [0.05, 0.1) is 0 Å². The van der Waals surface area contributed by atoms with Crippen molar-refractivity contribution in [3.8, 4) is 0 Å². The van der Waals surface area contributed by atoms with E-state index >= 15 is 0 Å². The molecule has 0 unspecified atom stereocenters. The van der Waals surface area contributed by atoms with Crippen molar-refractivity contribution in [2.45, 2.75) is 25.7 Å². The van der Waals surface area contributed by atoms with Crippen LogP contribution < -0.4 is 5.32 Å². The Morgan fingerprint density at radius 1 is 1.18 bits per heavy atom. The van der Waals surface area contributed by atoms with Crippen molar-refractivity contribution in [3.63, 3.8) is 0 Å². The molecule has 1 aliphatic heterocycles. The molecule has 0 atom stereocenters. The van der Waals surface area contributed by atoms with E-state index in [-0.39, 0.29) is 5.91 Å². The van der Waals surface area contributed by atoms with Crippen LogP contribution in [0.5, 0.6) is 0 Å². The molecule has 1 saturated heterocycles. The lowest BCUT2D eigenvalue weighted by atomic mass is 9.93. The van der Waals surface area contributed by atoms with Crippen molar-refractivity contribution in [1.82, 2.24) is 19.9 Å². The SMILES string of the molecule is CC(=O)N1CCC(c2ccnc(Nc3ccccn3)n2)CC1. The Morgan fingerprint density at radius 3 is 2.68 bits per heavy atom. The van der Waals surface area contributed by atoms with Crippen molar-refractivity contribution in [1.29, 1.82) is 0 Å². The third-order valence-corrected chi connectivity index (χ3v) is 3.94. The maximum absolute atomic E-state index is 11.4. The molecule has 0 aliphatic carbocycles. The lowest BCUT2D eigenvalue weighted by Crippen LogP contribution is -2.36. The second-order valence-corrected chi connectivity index (χ2v) is 5.43. The molecular weight excluding hydrogens is 278 g/mol. The number of aromatic nitrogens is 3. The molecule has 3 heterocycles. The van der Waals surface area contributed by atoms with Gasteiger partial charge in [-0.2, -0.15) is 0 Å². The number of nitrogens with one attached hydrogen (secondary N) is 1. The first-order valence-corrected chi connectivity index (χ1v) is 7.49. The fourth-order valence-electron chi connectivity index (χ4n) is 2.70. The molecule has 0 radical (unpaired) electrons. The van der Waals surface area contributed by atoms with E-state index < -0.39 is 0 Å². The van der Waals surface area contributed by atoms with Crippen LogP contribution in [0.1, 0.15) is 31.4 Å². The number of piperidine rings is 1. The minimum Gasteiger partial charge on any atom is -0.343 e. The Balaban J connectivity index is 1.68. The monoisotopic (exact) mass is 297 g/mol. The number of likely N-dealkylation sites (tertiary alicyclic amines) is 1. The van der Waals surface area contributed by atoms with Crippen LogP contribution in [0.15, 0.2) is 36.7 Å². The first-order chi connectivity index (χ1) is 10.7. The molecule has 2 aromatic rings. The van der Waals surface area contributed by atoms with E-state index in [1.165, 1.54) is 0 Å². The van der Waals surface area contributed by atoms with Crippen molar-refractivity contribution in [2.75, 3.05) is 18.4 Å². The molecule has 2 aromatic heterocycles. The summed E-state index contributed by atoms with van der Waals surface area (Å²) in [6.07, 6.45) is 5.38. The van der Waals surface area contributed by atoms with Gasteiger partial charge in [-0.1, -0.05) is 6.07 Å². The van der Waals surface area contributed by atoms with Gasteiger partial charge in [0.25, 0.3) is 0 Å². The minimum atomic E-state index is 0.152. The van der Waals surface area contributed by atoms with Crippen molar-refractivity contribution in [2.24, 2.45) is 0 Å². The van der Waals surface area contributed by atoms with Gasteiger partial charge in [0.1, 0.15) is 5.82 Å². The minimum absolute atomic E-state index is 0.152. The number of anilines is 2. The largest absolute Gasteiger partial charge is 0.343 e. The number of amides is 1. The summed E-state index contributed by atoms with van der Waals surface area (Å²) in [5.41, 5.74) is 1.02. The zero-order valence-electron chi connectivity index (χ0n) is 12.6. The maximum Gasteiger partial charge on any atom is 0.228 e. The fourth-order valence-corrected chi connectivity index (χ4v) is 2.70. The van der Waals surface area contributed by atoms with Gasteiger partial charge in [-0.05, 0) is 31.0 Å². The molecule has 6 heteroatoms. The van der Waals surface area contributed by atoms with Crippen LogP contribution in [0.25, 0.3) is 0 Å². The van der Waals surface area contributed by atoms with Crippen LogP contribution in [0, 0.1) is 0 Å². The maximum atomic E-state index is 11.4. The molecule has 3 rings (SSSR count). The summed E-state index contributed by atoms with van der Waals surface area (Å²) in [5, 5.41) is 3.11. The second-order valence-electron chi connectivity index (χ2n) is 5.43. The summed E-state index contributed by atoms with van der Waals surface area (Å²) in [5.74, 6) is 1.82. The van der Waals surface area contributed by atoms with Gasteiger partial charge in [-0.3, -0.25) is 4.79 Å². The van der Waals surface area contributed by atoms with Crippen molar-refractivity contribution in [3.05, 3.63) is 42.4 Å². The van der Waals surface area contributed by atoms with Crippen LogP contribution in [-0.4, -0.2) is 38.8 Å². The molecule has 0 bridgehead atoms. The zero-order chi connectivity index (χ0) is 15.4. The third kappa shape index (κ3) is 3.39. The number of carbonyl (C=O) groups is 1. The predicted octanol–water partition coefficient (Wildman–Crippen LogP) is 2.34. The molecular formula is C16H19N5O. The molecule has 6 nitrogen and oxygen atoms in total. The van der Waals surface area contributed by atoms with Gasteiger partial charge in [0, 0.05) is 44.0 Å². The van der Waals surface area contributed by atoms with Crippen LogP contribution in [0.3, 0.4) is 0 Å². The van der Waals surface area contributed by atoms with E-state index in [1.807, 2.05) is 29.2 Å². The predicted molar refractivity (Wildman–Crippen MR) is 83.8 cm³/mol. The molecule has 0 aromatic carbocycles. The van der Waals surface area contributed by atoms with Gasteiger partial charge in [0.15, 0.2) is 0 Å². The standard InChI is InChI=1S/C16H19N5O/c1-12(22)21-10-6-13(7-11-21)14-5-9-18-16(19-14)20-15-4-2-3-8-17-15/h2-5,8-9,13H,6-7,10-11H2,1H3,(H,17,18,19,20).